The normalized spacial score (nSPS) is 13.2. The number of hydrogen-bond donors (Lipinski definition) is 5. The van der Waals surface area contributed by atoms with E-state index in [1.54, 1.807) is 19.3 Å². The molecule has 2 atom stereocenters. The first-order chi connectivity index (χ1) is 9.40. The molecule has 0 fully saturated rings. The summed E-state index contributed by atoms with van der Waals surface area (Å²) in [6, 6.07) is -2.24. The fourth-order valence-electron chi connectivity index (χ4n) is 1.52. The topological polar surface area (TPSA) is 150 Å². The molecule has 110 valence electrons. The molecule has 3 amide bonds. The molecular formula is C11H17N5O4. The molecule has 0 aliphatic carbocycles. The zero-order valence-corrected chi connectivity index (χ0v) is 10.9. The third-order valence-corrected chi connectivity index (χ3v) is 2.56. The van der Waals surface area contributed by atoms with Crippen molar-refractivity contribution in [1.29, 1.82) is 0 Å². The Morgan fingerprint density at radius 1 is 1.45 bits per heavy atom. The van der Waals surface area contributed by atoms with E-state index in [0.717, 1.165) is 0 Å². The van der Waals surface area contributed by atoms with E-state index in [9.17, 15) is 14.4 Å². The summed E-state index contributed by atoms with van der Waals surface area (Å²) in [6.45, 7) is 1.69. The zero-order valence-electron chi connectivity index (χ0n) is 10.9. The molecule has 0 aliphatic rings. The van der Waals surface area contributed by atoms with Crippen molar-refractivity contribution < 1.29 is 19.5 Å². The molecule has 6 N–H and O–H groups in total. The molecule has 0 saturated heterocycles. The van der Waals surface area contributed by atoms with Gasteiger partial charge in [0.05, 0.1) is 6.04 Å². The number of rotatable bonds is 7. The van der Waals surface area contributed by atoms with E-state index >= 15 is 0 Å². The van der Waals surface area contributed by atoms with Gasteiger partial charge in [0.2, 0.25) is 5.91 Å². The summed E-state index contributed by atoms with van der Waals surface area (Å²) in [4.78, 5) is 40.0. The minimum atomic E-state index is -1.23. The molecule has 1 aromatic heterocycles. The van der Waals surface area contributed by atoms with E-state index in [4.69, 9.17) is 10.8 Å². The van der Waals surface area contributed by atoms with Crippen molar-refractivity contribution in [3.63, 3.8) is 0 Å². The number of carbonyl (C=O) groups excluding carboxylic acids is 2. The summed E-state index contributed by atoms with van der Waals surface area (Å²) in [5.74, 6) is -1.31. The van der Waals surface area contributed by atoms with Gasteiger partial charge in [-0.2, -0.15) is 0 Å². The molecule has 0 saturated carbocycles. The van der Waals surface area contributed by atoms with E-state index in [2.05, 4.69) is 20.6 Å². The number of imidazole rings is 1. The van der Waals surface area contributed by atoms with Crippen LogP contribution in [0.5, 0.6) is 0 Å². The standard InChI is InChI=1S/C11H17N5O4/c1-6(9-13-4-5-14-9)15-11(20)16-7(10(18)19)2-3-8(12)17/h4-7H,2-3H2,1H3,(H2,12,17)(H,13,14)(H,18,19)(H2,15,16,20). The first kappa shape index (κ1) is 15.5. The SMILES string of the molecule is CC(NC(=O)NC(CCC(N)=O)C(=O)O)c1ncc[nH]1. The van der Waals surface area contributed by atoms with Gasteiger partial charge in [-0.3, -0.25) is 4.79 Å². The van der Waals surface area contributed by atoms with Crippen molar-refractivity contribution in [2.75, 3.05) is 0 Å². The highest BCUT2D eigenvalue weighted by molar-refractivity contribution is 5.83. The number of nitrogens with two attached hydrogens (primary N) is 1. The van der Waals surface area contributed by atoms with Crippen LogP contribution in [0.1, 0.15) is 31.6 Å². The minimum absolute atomic E-state index is 0.0623. The van der Waals surface area contributed by atoms with E-state index in [1.165, 1.54) is 0 Å². The van der Waals surface area contributed by atoms with Gasteiger partial charge in [-0.1, -0.05) is 0 Å². The first-order valence-corrected chi connectivity index (χ1v) is 5.97. The number of hydrogen-bond acceptors (Lipinski definition) is 4. The van der Waals surface area contributed by atoms with E-state index in [0.29, 0.717) is 5.82 Å². The zero-order chi connectivity index (χ0) is 15.1. The molecule has 1 rings (SSSR count). The van der Waals surface area contributed by atoms with Crippen LogP contribution in [-0.4, -0.2) is 39.0 Å². The number of amides is 3. The van der Waals surface area contributed by atoms with Crippen molar-refractivity contribution in [1.82, 2.24) is 20.6 Å². The molecule has 9 heteroatoms. The second-order valence-electron chi connectivity index (χ2n) is 4.21. The summed E-state index contributed by atoms with van der Waals surface area (Å²) < 4.78 is 0. The summed E-state index contributed by atoms with van der Waals surface area (Å²) in [7, 11) is 0. The number of nitrogens with one attached hydrogen (secondary N) is 3. The smallest absolute Gasteiger partial charge is 0.326 e. The maximum Gasteiger partial charge on any atom is 0.326 e. The molecule has 20 heavy (non-hydrogen) atoms. The third kappa shape index (κ3) is 4.96. The van der Waals surface area contributed by atoms with Crippen LogP contribution in [-0.2, 0) is 9.59 Å². The van der Waals surface area contributed by atoms with Crippen LogP contribution in [0.15, 0.2) is 12.4 Å². The lowest BCUT2D eigenvalue weighted by molar-refractivity contribution is -0.139. The molecule has 1 aromatic rings. The maximum absolute atomic E-state index is 11.7. The Morgan fingerprint density at radius 3 is 2.65 bits per heavy atom. The lowest BCUT2D eigenvalue weighted by atomic mass is 10.1. The number of aliphatic carboxylic acids is 1. The Labute approximate surface area is 114 Å². The Bertz CT molecular complexity index is 473. The van der Waals surface area contributed by atoms with Gasteiger partial charge >= 0.3 is 12.0 Å². The maximum atomic E-state index is 11.7. The number of primary amides is 1. The van der Waals surface area contributed by atoms with Crippen molar-refractivity contribution in [3.8, 4) is 0 Å². The lowest BCUT2D eigenvalue weighted by Crippen LogP contribution is -2.47. The molecule has 0 radical (unpaired) electrons. The van der Waals surface area contributed by atoms with Crippen LogP contribution < -0.4 is 16.4 Å². The van der Waals surface area contributed by atoms with E-state index < -0.39 is 30.0 Å². The molecular weight excluding hydrogens is 266 g/mol. The number of aromatic amines is 1. The van der Waals surface area contributed by atoms with Gasteiger partial charge in [-0.15, -0.1) is 0 Å². The predicted molar refractivity (Wildman–Crippen MR) is 68.5 cm³/mol. The van der Waals surface area contributed by atoms with Crippen molar-refractivity contribution in [3.05, 3.63) is 18.2 Å². The fraction of sp³-hybridized carbons (Fsp3) is 0.455. The highest BCUT2D eigenvalue weighted by Gasteiger charge is 2.21. The van der Waals surface area contributed by atoms with Gasteiger partial charge in [-0.25, -0.2) is 14.6 Å². The number of urea groups is 1. The molecule has 9 nitrogen and oxygen atoms in total. The number of H-pyrrole nitrogens is 1. The van der Waals surface area contributed by atoms with Crippen LogP contribution in [0, 0.1) is 0 Å². The second kappa shape index (κ2) is 7.12. The van der Waals surface area contributed by atoms with Crippen molar-refractivity contribution >= 4 is 17.9 Å². The van der Waals surface area contributed by atoms with Gasteiger partial charge in [0.1, 0.15) is 11.9 Å². The van der Waals surface area contributed by atoms with Crippen molar-refractivity contribution in [2.45, 2.75) is 31.8 Å². The number of carboxylic acid groups (broad SMARTS) is 1. The number of carboxylic acids is 1. The molecule has 0 aromatic carbocycles. The van der Waals surface area contributed by atoms with Crippen LogP contribution in [0.25, 0.3) is 0 Å². The predicted octanol–water partition coefficient (Wildman–Crippen LogP) is -0.511. The van der Waals surface area contributed by atoms with Crippen LogP contribution in [0.3, 0.4) is 0 Å². The van der Waals surface area contributed by atoms with Crippen LogP contribution in [0.4, 0.5) is 4.79 Å². The van der Waals surface area contributed by atoms with Gasteiger partial charge < -0.3 is 26.5 Å². The van der Waals surface area contributed by atoms with E-state index in [-0.39, 0.29) is 12.8 Å². The third-order valence-electron chi connectivity index (χ3n) is 2.56. The molecule has 0 aliphatic heterocycles. The van der Waals surface area contributed by atoms with E-state index in [1.807, 2.05) is 0 Å². The average molecular weight is 283 g/mol. The van der Waals surface area contributed by atoms with Crippen LogP contribution >= 0.6 is 0 Å². The Kier molecular flexibility index (Phi) is 5.51. The van der Waals surface area contributed by atoms with Gasteiger partial charge in [0.15, 0.2) is 0 Å². The number of nitrogens with zero attached hydrogens (tertiary/aromatic N) is 1. The van der Waals surface area contributed by atoms with Gasteiger partial charge in [-0.05, 0) is 13.3 Å². The summed E-state index contributed by atoms with van der Waals surface area (Å²) >= 11 is 0. The largest absolute Gasteiger partial charge is 0.480 e. The Balaban J connectivity index is 2.49. The summed E-state index contributed by atoms with van der Waals surface area (Å²) in [5, 5.41) is 13.7. The van der Waals surface area contributed by atoms with Gasteiger partial charge in [0.25, 0.3) is 0 Å². The highest BCUT2D eigenvalue weighted by atomic mass is 16.4. The minimum Gasteiger partial charge on any atom is -0.480 e. The van der Waals surface area contributed by atoms with Gasteiger partial charge in [0, 0.05) is 18.8 Å². The summed E-state index contributed by atoms with van der Waals surface area (Å²) in [6.07, 6.45) is 2.97. The first-order valence-electron chi connectivity index (χ1n) is 5.97. The molecule has 2 unspecified atom stereocenters. The monoisotopic (exact) mass is 283 g/mol. The summed E-state index contributed by atoms with van der Waals surface area (Å²) in [5.41, 5.74) is 4.94. The molecule has 0 bridgehead atoms. The Morgan fingerprint density at radius 2 is 2.15 bits per heavy atom. The highest BCUT2D eigenvalue weighted by Crippen LogP contribution is 2.05. The number of aromatic nitrogens is 2. The lowest BCUT2D eigenvalue weighted by Gasteiger charge is -2.17. The van der Waals surface area contributed by atoms with Crippen LogP contribution in [0.2, 0.25) is 0 Å². The fourth-order valence-corrected chi connectivity index (χ4v) is 1.52. The second-order valence-corrected chi connectivity index (χ2v) is 4.21. The molecule has 0 spiro atoms. The quantitative estimate of drug-likeness (QED) is 0.456. The average Bonchev–Trinajstić information content (AvgIpc) is 2.87. The molecule has 1 heterocycles. The Hall–Kier alpha value is -2.58. The number of carbonyl (C=O) groups is 3. The van der Waals surface area contributed by atoms with Crippen molar-refractivity contribution in [2.24, 2.45) is 5.73 Å².